The number of carbonyl (C=O) groups is 2. The summed E-state index contributed by atoms with van der Waals surface area (Å²) in [5, 5.41) is 0. The first-order chi connectivity index (χ1) is 12.2. The van der Waals surface area contributed by atoms with Crippen molar-refractivity contribution in [3.05, 3.63) is 29.3 Å². The molecule has 0 radical (unpaired) electrons. The van der Waals surface area contributed by atoms with Gasteiger partial charge in [0, 0.05) is 13.0 Å². The molecule has 1 aromatic rings. The predicted molar refractivity (Wildman–Crippen MR) is 85.5 cm³/mol. The molecule has 8 heteroatoms. The Morgan fingerprint density at radius 1 is 1.31 bits per heavy atom. The largest absolute Gasteiger partial charge is 0.493 e. The zero-order valence-electron chi connectivity index (χ0n) is 14.3. The van der Waals surface area contributed by atoms with Gasteiger partial charge in [-0.2, -0.15) is 13.2 Å². The van der Waals surface area contributed by atoms with E-state index in [0.29, 0.717) is 19.6 Å². The van der Waals surface area contributed by atoms with Crippen molar-refractivity contribution in [2.24, 2.45) is 5.92 Å². The van der Waals surface area contributed by atoms with Crippen molar-refractivity contribution >= 4 is 11.9 Å². The number of carbonyl (C=O) groups excluding carboxylic acids is 2. The Morgan fingerprint density at radius 2 is 2.08 bits per heavy atom. The normalized spacial score (nSPS) is 22.5. The topological polar surface area (TPSA) is 55.8 Å². The number of likely N-dealkylation sites (tertiary alicyclic amines) is 1. The highest BCUT2D eigenvalue weighted by molar-refractivity contribution is 6.32. The molecule has 2 aliphatic heterocycles. The minimum atomic E-state index is -4.66. The molecule has 3 rings (SSSR count). The number of hydrogen-bond acceptors (Lipinski definition) is 4. The zero-order chi connectivity index (χ0) is 18.9. The van der Waals surface area contributed by atoms with Gasteiger partial charge in [0.15, 0.2) is 6.61 Å². The molecule has 1 saturated heterocycles. The molecule has 0 bridgehead atoms. The Hall–Kier alpha value is -2.25. The summed E-state index contributed by atoms with van der Waals surface area (Å²) < 4.78 is 46.3. The van der Waals surface area contributed by atoms with Gasteiger partial charge >= 0.3 is 18.1 Å². The van der Waals surface area contributed by atoms with E-state index in [2.05, 4.69) is 4.74 Å². The monoisotopic (exact) mass is 371 g/mol. The summed E-state index contributed by atoms with van der Waals surface area (Å²) in [5.41, 5.74) is 1.89. The lowest BCUT2D eigenvalue weighted by atomic mass is 9.89. The smallest absolute Gasteiger partial charge is 0.422 e. The number of esters is 1. The summed E-state index contributed by atoms with van der Waals surface area (Å²) in [6.45, 7) is 1.08. The van der Waals surface area contributed by atoms with Crippen LogP contribution in [0, 0.1) is 5.92 Å². The van der Waals surface area contributed by atoms with Crippen LogP contribution in [0.3, 0.4) is 0 Å². The first-order valence-corrected chi connectivity index (χ1v) is 8.54. The van der Waals surface area contributed by atoms with Crippen molar-refractivity contribution in [2.45, 2.75) is 38.4 Å². The van der Waals surface area contributed by atoms with E-state index in [9.17, 15) is 22.8 Å². The highest BCUT2D eigenvalue weighted by atomic mass is 19.4. The lowest BCUT2D eigenvalue weighted by Crippen LogP contribution is -2.45. The van der Waals surface area contributed by atoms with Crippen molar-refractivity contribution in [1.29, 1.82) is 0 Å². The predicted octanol–water partition coefficient (Wildman–Crippen LogP) is 3.03. The zero-order valence-corrected chi connectivity index (χ0v) is 14.3. The fourth-order valence-electron chi connectivity index (χ4n) is 3.46. The van der Waals surface area contributed by atoms with Crippen LogP contribution in [-0.2, 0) is 20.7 Å². The van der Waals surface area contributed by atoms with Crippen LogP contribution in [-0.4, -0.2) is 42.7 Å². The van der Waals surface area contributed by atoms with E-state index in [4.69, 9.17) is 4.74 Å². The number of ether oxygens (including phenoxy) is 2. The van der Waals surface area contributed by atoms with Gasteiger partial charge in [-0.05, 0) is 42.0 Å². The van der Waals surface area contributed by atoms with Crippen LogP contribution in [0.4, 0.5) is 13.2 Å². The summed E-state index contributed by atoms with van der Waals surface area (Å²) in [4.78, 5) is 25.6. The molecule has 2 atom stereocenters. The first kappa shape index (κ1) is 18.5. The number of alkyl halides is 3. The molecule has 1 amide bonds. The average Bonchev–Trinajstić information content (AvgIpc) is 3.06. The molecular weight excluding hydrogens is 351 g/mol. The van der Waals surface area contributed by atoms with Crippen LogP contribution in [0.2, 0.25) is 0 Å². The third-order valence-corrected chi connectivity index (χ3v) is 4.72. The maximum Gasteiger partial charge on any atom is 0.422 e. The van der Waals surface area contributed by atoms with E-state index >= 15 is 0 Å². The number of halogens is 3. The Labute approximate surface area is 149 Å². The van der Waals surface area contributed by atoms with E-state index < -0.39 is 24.7 Å². The number of fused-ring (bicyclic) bond motifs is 1. The molecule has 0 aromatic heterocycles. The number of benzene rings is 1. The van der Waals surface area contributed by atoms with Crippen LogP contribution in [0.1, 0.15) is 36.9 Å². The van der Waals surface area contributed by atoms with Gasteiger partial charge in [0.25, 0.3) is 0 Å². The van der Waals surface area contributed by atoms with Gasteiger partial charge in [0.05, 0.1) is 12.6 Å². The maximum absolute atomic E-state index is 12.4. The number of amides is 1. The molecule has 5 nitrogen and oxygen atoms in total. The van der Waals surface area contributed by atoms with Crippen LogP contribution in [0.5, 0.6) is 5.75 Å². The van der Waals surface area contributed by atoms with Crippen LogP contribution in [0.25, 0.3) is 0 Å². The summed E-state index contributed by atoms with van der Waals surface area (Å²) in [6, 6.07) is 5.26. The Bertz CT molecular complexity index is 704. The highest BCUT2D eigenvalue weighted by Gasteiger charge is 2.37. The molecule has 2 heterocycles. The van der Waals surface area contributed by atoms with Gasteiger partial charge in [0.2, 0.25) is 0 Å². The van der Waals surface area contributed by atoms with Gasteiger partial charge in [-0.3, -0.25) is 4.79 Å². The standard InChI is InChI=1S/C18H20F3NO4/c1-11-2-4-14(12-3-5-15-13(8-12)6-7-25-15)22(9-11)16(23)17(24)26-10-18(19,20)21/h3,5,8,11,14H,2,4,6-7,9-10H2,1H3/t11-,14+/m0/s1. The third-order valence-electron chi connectivity index (χ3n) is 4.72. The van der Waals surface area contributed by atoms with E-state index in [-0.39, 0.29) is 12.0 Å². The fraction of sp³-hybridized carbons (Fsp3) is 0.556. The van der Waals surface area contributed by atoms with E-state index in [1.54, 1.807) is 0 Å². The molecule has 1 fully saturated rings. The lowest BCUT2D eigenvalue weighted by molar-refractivity contribution is -0.190. The van der Waals surface area contributed by atoms with E-state index in [1.165, 1.54) is 4.90 Å². The molecule has 0 spiro atoms. The summed E-state index contributed by atoms with van der Waals surface area (Å²) in [6.07, 6.45) is -2.39. The van der Waals surface area contributed by atoms with Crippen LogP contribution < -0.4 is 4.74 Å². The average molecular weight is 371 g/mol. The van der Waals surface area contributed by atoms with Gasteiger partial charge < -0.3 is 14.4 Å². The van der Waals surface area contributed by atoms with Gasteiger partial charge in [-0.1, -0.05) is 13.0 Å². The molecule has 142 valence electrons. The quantitative estimate of drug-likeness (QED) is 0.592. The fourth-order valence-corrected chi connectivity index (χ4v) is 3.46. The molecule has 0 aliphatic carbocycles. The van der Waals surface area contributed by atoms with Crippen molar-refractivity contribution < 1.29 is 32.2 Å². The molecule has 0 unspecified atom stereocenters. The molecule has 26 heavy (non-hydrogen) atoms. The van der Waals surface area contributed by atoms with Crippen molar-refractivity contribution in [2.75, 3.05) is 19.8 Å². The SMILES string of the molecule is C[C@H]1CC[C@H](c2ccc3c(c2)CCO3)N(C(=O)C(=O)OCC(F)(F)F)C1. The lowest BCUT2D eigenvalue weighted by Gasteiger charge is -2.38. The number of rotatable bonds is 2. The molecule has 0 saturated carbocycles. The highest BCUT2D eigenvalue weighted by Crippen LogP contribution is 2.36. The summed E-state index contributed by atoms with van der Waals surface area (Å²) in [5.74, 6) is -1.53. The van der Waals surface area contributed by atoms with E-state index in [0.717, 1.165) is 29.7 Å². The van der Waals surface area contributed by atoms with Crippen molar-refractivity contribution in [1.82, 2.24) is 4.90 Å². The van der Waals surface area contributed by atoms with E-state index in [1.807, 2.05) is 25.1 Å². The van der Waals surface area contributed by atoms with Gasteiger partial charge in [-0.15, -0.1) is 0 Å². The second-order valence-electron chi connectivity index (χ2n) is 6.81. The summed E-state index contributed by atoms with van der Waals surface area (Å²) in [7, 11) is 0. The van der Waals surface area contributed by atoms with Crippen LogP contribution >= 0.6 is 0 Å². The Kier molecular flexibility index (Phi) is 5.11. The molecule has 1 aromatic carbocycles. The number of piperidine rings is 1. The minimum Gasteiger partial charge on any atom is -0.493 e. The van der Waals surface area contributed by atoms with Gasteiger partial charge in [0.1, 0.15) is 5.75 Å². The van der Waals surface area contributed by atoms with Gasteiger partial charge in [-0.25, -0.2) is 4.79 Å². The Morgan fingerprint density at radius 3 is 2.81 bits per heavy atom. The Balaban J connectivity index is 1.78. The second kappa shape index (κ2) is 7.17. The first-order valence-electron chi connectivity index (χ1n) is 8.54. The number of nitrogens with zero attached hydrogens (tertiary/aromatic N) is 1. The summed E-state index contributed by atoms with van der Waals surface area (Å²) >= 11 is 0. The third kappa shape index (κ3) is 4.11. The second-order valence-corrected chi connectivity index (χ2v) is 6.81. The van der Waals surface area contributed by atoms with Crippen molar-refractivity contribution in [3.8, 4) is 5.75 Å². The van der Waals surface area contributed by atoms with Crippen molar-refractivity contribution in [3.63, 3.8) is 0 Å². The molecule has 2 aliphatic rings. The molecular formula is C18H20F3NO4. The maximum atomic E-state index is 12.4. The van der Waals surface area contributed by atoms with Crippen LogP contribution in [0.15, 0.2) is 18.2 Å². The minimum absolute atomic E-state index is 0.156. The molecule has 0 N–H and O–H groups in total. The number of hydrogen-bond donors (Lipinski definition) is 0.